The Labute approximate surface area is 401 Å². The van der Waals surface area contributed by atoms with Gasteiger partial charge in [0.15, 0.2) is 0 Å². The number of hydrogen-bond acceptors (Lipinski definition) is 0. The van der Waals surface area contributed by atoms with E-state index in [1.54, 1.807) is 12.1 Å². The summed E-state index contributed by atoms with van der Waals surface area (Å²) in [5.41, 5.74) is 16.7. The second kappa shape index (κ2) is 19.4. The first kappa shape index (κ1) is 46.8. The Kier molecular flexibility index (Phi) is 15.1. The van der Waals surface area contributed by atoms with Gasteiger partial charge in [-0.1, -0.05) is 131 Å². The zero-order valence-corrected chi connectivity index (χ0v) is 41.5. The monoisotopic (exact) mass is 982 g/mol. The van der Waals surface area contributed by atoms with Gasteiger partial charge in [-0.15, -0.1) is 35.2 Å². The van der Waals surface area contributed by atoms with Gasteiger partial charge in [-0.05, 0) is 39.5 Å². The van der Waals surface area contributed by atoms with Crippen molar-refractivity contribution in [2.75, 3.05) is 0 Å². The van der Waals surface area contributed by atoms with E-state index in [2.05, 4.69) is 139 Å². The van der Waals surface area contributed by atoms with Gasteiger partial charge in [-0.2, -0.15) is 6.08 Å². The molecule has 2 aliphatic rings. The van der Waals surface area contributed by atoms with Crippen molar-refractivity contribution in [2.45, 2.75) is 72.8 Å². The van der Waals surface area contributed by atoms with Crippen LogP contribution in [0, 0.1) is 12.1 Å². The van der Waals surface area contributed by atoms with E-state index in [4.69, 9.17) is 69.6 Å². The summed E-state index contributed by atoms with van der Waals surface area (Å²) >= 11 is 36.9. The third kappa shape index (κ3) is 11.6. The molecule has 0 saturated heterocycles. The zero-order valence-electron chi connectivity index (χ0n) is 34.5. The van der Waals surface area contributed by atoms with Gasteiger partial charge in [0.1, 0.15) is 0 Å². The molecule has 0 heterocycles. The van der Waals surface area contributed by atoms with Crippen LogP contribution in [0.3, 0.4) is 0 Å². The van der Waals surface area contributed by atoms with Crippen LogP contribution in [0.4, 0.5) is 0 Å². The summed E-state index contributed by atoms with van der Waals surface area (Å²) in [6, 6.07) is 47.7. The molecule has 7 heteroatoms. The standard InChI is InChI=1S/C33H33.C15H8Cl6.C5H5.Zr/c1-32(2,3)30-20-26-24(18-28(30)22-13-9-7-10-14-22)17-25-19-29(23-15-11-8-12-16-23)31(21-27(25)26)33(4,5)6;16-14(17,18)12-5-1-3-10(8-12)7-11-4-2-6-13(9-11)15(19,20)21;1-2-4-5-3-1;/h7-16,18,20-21H,17H2,1-6H3;1-6,8-9H;1-3H,4H2;/q-1;;-1;+2. The number of fused-ring (bicyclic) bond motifs is 3. The number of hydrogen-bond donors (Lipinski definition) is 0. The molecule has 60 heavy (non-hydrogen) atoms. The molecule has 0 unspecified atom stereocenters. The molecule has 0 radical (unpaired) electrons. The van der Waals surface area contributed by atoms with Crippen LogP contribution >= 0.6 is 69.6 Å². The summed E-state index contributed by atoms with van der Waals surface area (Å²) in [5.74, 6) is 0. The molecule has 0 amide bonds. The Bertz CT molecular complexity index is 2350. The average Bonchev–Trinajstić information content (AvgIpc) is 3.91. The fourth-order valence-electron chi connectivity index (χ4n) is 7.31. The average molecular weight is 987 g/mol. The van der Waals surface area contributed by atoms with E-state index >= 15 is 0 Å². The van der Waals surface area contributed by atoms with Crippen molar-refractivity contribution in [1.82, 2.24) is 0 Å². The first-order valence-corrected chi connectivity index (χ1v) is 23.3. The molecule has 0 saturated carbocycles. The maximum atomic E-state index is 5.94. The van der Waals surface area contributed by atoms with Crippen molar-refractivity contribution in [1.29, 1.82) is 0 Å². The van der Waals surface area contributed by atoms with Gasteiger partial charge in [-0.25, -0.2) is 12.2 Å². The van der Waals surface area contributed by atoms with Gasteiger partial charge < -0.3 is 0 Å². The van der Waals surface area contributed by atoms with E-state index in [1.165, 1.54) is 79.9 Å². The molecule has 0 aliphatic heterocycles. The minimum atomic E-state index is -1.45. The van der Waals surface area contributed by atoms with Crippen LogP contribution in [0.5, 0.6) is 0 Å². The molecule has 6 aromatic rings. The SMILES string of the molecule is CC(C)(C)c1cc2c([c-]c1-c1ccccc1)Cc1cc(-c3ccccc3)c(C(C)(C)C)cc1-2.ClC(Cl)(Cl)c1cccc([C](=[Zr+2])c2cccc(C(Cl)(Cl)Cl)c2)c1.[C-]1=CC=CC1. The van der Waals surface area contributed by atoms with Crippen LogP contribution in [0.2, 0.25) is 0 Å². The minimum Gasteiger partial charge on any atom is -0.273 e. The van der Waals surface area contributed by atoms with Crippen LogP contribution in [-0.4, -0.2) is 3.21 Å². The number of rotatable bonds is 4. The Balaban J connectivity index is 0.000000192. The number of alkyl halides is 6. The zero-order chi connectivity index (χ0) is 43.5. The summed E-state index contributed by atoms with van der Waals surface area (Å²) in [4.78, 5) is 0. The predicted octanol–water partition coefficient (Wildman–Crippen LogP) is 16.7. The van der Waals surface area contributed by atoms with Gasteiger partial charge in [-0.3, -0.25) is 6.08 Å². The second-order valence-electron chi connectivity index (χ2n) is 16.9. The van der Waals surface area contributed by atoms with Crippen LogP contribution in [-0.2, 0) is 49.1 Å². The summed E-state index contributed by atoms with van der Waals surface area (Å²) in [6.45, 7) is 13.9. The minimum absolute atomic E-state index is 0.0380. The first-order valence-electron chi connectivity index (χ1n) is 19.8. The van der Waals surface area contributed by atoms with Crippen LogP contribution in [0.15, 0.2) is 146 Å². The van der Waals surface area contributed by atoms with Gasteiger partial charge in [0.25, 0.3) is 0 Å². The van der Waals surface area contributed by atoms with Gasteiger partial charge in [0.05, 0.1) is 0 Å². The summed E-state index contributed by atoms with van der Waals surface area (Å²) < 4.78 is -1.82. The van der Waals surface area contributed by atoms with E-state index in [9.17, 15) is 0 Å². The van der Waals surface area contributed by atoms with Gasteiger partial charge >= 0.3 is 175 Å². The number of allylic oxidation sites excluding steroid dienone is 4. The maximum Gasteiger partial charge on any atom is -0.109 e. The molecular weight excluding hydrogens is 941 g/mol. The Morgan fingerprint density at radius 1 is 0.550 bits per heavy atom. The molecule has 0 N–H and O–H groups in total. The molecule has 0 atom stereocenters. The van der Waals surface area contributed by atoms with Crippen LogP contribution < -0.4 is 0 Å². The maximum absolute atomic E-state index is 5.94. The molecule has 0 nitrogen and oxygen atoms in total. The fraction of sp³-hybridized carbons (Fsp3) is 0.226. The third-order valence-electron chi connectivity index (χ3n) is 10.4. The molecule has 304 valence electrons. The van der Waals surface area contributed by atoms with E-state index in [0.717, 1.165) is 27.2 Å². The molecule has 6 aromatic carbocycles. The number of benzene rings is 6. The van der Waals surface area contributed by atoms with E-state index in [1.807, 2.05) is 48.6 Å². The second-order valence-corrected chi connectivity index (χ2v) is 22.7. The molecule has 0 fully saturated rings. The molecule has 0 aromatic heterocycles. The van der Waals surface area contributed by atoms with Crippen molar-refractivity contribution in [3.63, 3.8) is 0 Å². The molecule has 8 rings (SSSR count). The van der Waals surface area contributed by atoms with Gasteiger partial charge in [0, 0.05) is 0 Å². The Hall–Kier alpha value is -2.71. The van der Waals surface area contributed by atoms with E-state index in [-0.39, 0.29) is 10.8 Å². The fourth-order valence-corrected chi connectivity index (χ4v) is 8.78. The molecule has 2 aliphatic carbocycles. The van der Waals surface area contributed by atoms with Crippen LogP contribution in [0.1, 0.15) is 92.5 Å². The topological polar surface area (TPSA) is 0 Å². The molecule has 0 spiro atoms. The third-order valence-corrected chi connectivity index (χ3v) is 13.1. The quantitative estimate of drug-likeness (QED) is 0.122. The molecular formula is C53H46Cl6Zr. The number of halogens is 6. The molecule has 0 bridgehead atoms. The van der Waals surface area contributed by atoms with E-state index < -0.39 is 7.59 Å². The van der Waals surface area contributed by atoms with E-state index in [0.29, 0.717) is 11.1 Å². The van der Waals surface area contributed by atoms with Crippen molar-refractivity contribution in [3.05, 3.63) is 202 Å². The Morgan fingerprint density at radius 3 is 1.52 bits per heavy atom. The van der Waals surface area contributed by atoms with Crippen molar-refractivity contribution in [2.24, 2.45) is 0 Å². The Morgan fingerprint density at radius 2 is 1.07 bits per heavy atom. The normalized spacial score (nSPS) is 13.2. The largest absolute Gasteiger partial charge is 0.273 e. The van der Waals surface area contributed by atoms with Gasteiger partial charge in [0.2, 0.25) is 0 Å². The smallest absolute Gasteiger partial charge is 0.109 e. The van der Waals surface area contributed by atoms with Crippen molar-refractivity contribution in [3.8, 4) is 33.4 Å². The van der Waals surface area contributed by atoms with Crippen LogP contribution in [0.25, 0.3) is 33.4 Å². The van der Waals surface area contributed by atoms with Crippen molar-refractivity contribution >= 4 is 72.8 Å². The summed E-state index contributed by atoms with van der Waals surface area (Å²) in [7, 11) is 0. The predicted molar refractivity (Wildman–Crippen MR) is 258 cm³/mol. The summed E-state index contributed by atoms with van der Waals surface area (Å²) in [6.07, 6.45) is 10.9. The first-order chi connectivity index (χ1) is 28.2. The summed E-state index contributed by atoms with van der Waals surface area (Å²) in [5, 5.41) is 0. The van der Waals surface area contributed by atoms with Crippen molar-refractivity contribution < 1.29 is 24.2 Å².